The summed E-state index contributed by atoms with van der Waals surface area (Å²) in [6.07, 6.45) is 8.69. The van der Waals surface area contributed by atoms with Crippen LogP contribution in [0.4, 0.5) is 0 Å². The number of hydrogen-bond donors (Lipinski definition) is 0. The van der Waals surface area contributed by atoms with E-state index in [4.69, 9.17) is 8.92 Å². The van der Waals surface area contributed by atoms with Crippen LogP contribution in [-0.2, 0) is 21.3 Å². The molecule has 0 N–H and O–H groups in total. The van der Waals surface area contributed by atoms with Crippen LogP contribution in [-0.4, -0.2) is 20.5 Å². The molecule has 1 heterocycles. The number of ether oxygens (including phenoxy) is 1. The summed E-state index contributed by atoms with van der Waals surface area (Å²) in [5.74, 6) is 0.359. The van der Waals surface area contributed by atoms with Crippen molar-refractivity contribution >= 4 is 10.1 Å². The van der Waals surface area contributed by atoms with E-state index in [9.17, 15) is 8.42 Å². The molecule has 118 valence electrons. The van der Waals surface area contributed by atoms with Crippen LogP contribution in [0.25, 0.3) is 0 Å². The molecule has 1 aliphatic rings. The molecule has 0 saturated carbocycles. The number of benzene rings is 1. The molecule has 0 spiro atoms. The van der Waals surface area contributed by atoms with Crippen molar-refractivity contribution < 1.29 is 17.3 Å². The predicted molar refractivity (Wildman–Crippen MR) is 82.8 cm³/mol. The fraction of sp³-hybridized carbons (Fsp3) is 0.625. The second-order valence-corrected chi connectivity index (χ2v) is 7.18. The zero-order valence-corrected chi connectivity index (χ0v) is 13.4. The van der Waals surface area contributed by atoms with Gasteiger partial charge in [0.25, 0.3) is 0 Å². The number of aryl methyl sites for hydroxylation is 1. The molecule has 5 heteroatoms. The summed E-state index contributed by atoms with van der Waals surface area (Å²) < 4.78 is 32.9. The third kappa shape index (κ3) is 5.67. The first kappa shape index (κ1) is 16.3. The second kappa shape index (κ2) is 7.80. The standard InChI is InChI=1S/C16H24O4S/c1-2-3-4-5-6-7-8-14-9-11-15(12-10-14)20-21(17,18)16-13-19-16/h9-12,16H,2-8,13H2,1H3. The summed E-state index contributed by atoms with van der Waals surface area (Å²) >= 11 is 0. The second-order valence-electron chi connectivity index (χ2n) is 5.50. The lowest BCUT2D eigenvalue weighted by Crippen LogP contribution is -2.15. The smallest absolute Gasteiger partial charge is 0.339 e. The van der Waals surface area contributed by atoms with E-state index < -0.39 is 15.6 Å². The molecule has 21 heavy (non-hydrogen) atoms. The van der Waals surface area contributed by atoms with Crippen LogP contribution in [0.2, 0.25) is 0 Å². The Morgan fingerprint density at radius 2 is 1.71 bits per heavy atom. The predicted octanol–water partition coefficient (Wildman–Crippen LogP) is 3.65. The van der Waals surface area contributed by atoms with Gasteiger partial charge >= 0.3 is 10.1 Å². The van der Waals surface area contributed by atoms with E-state index in [1.54, 1.807) is 12.1 Å². The minimum atomic E-state index is -3.61. The average molecular weight is 312 g/mol. The van der Waals surface area contributed by atoms with Gasteiger partial charge in [0.05, 0.1) is 6.61 Å². The molecule has 1 unspecified atom stereocenters. The first-order valence-corrected chi connectivity index (χ1v) is 9.23. The van der Waals surface area contributed by atoms with Gasteiger partial charge < -0.3 is 8.92 Å². The molecular weight excluding hydrogens is 288 g/mol. The SMILES string of the molecule is CCCCCCCCc1ccc(OS(=O)(=O)C2CO2)cc1. The lowest BCUT2D eigenvalue weighted by Gasteiger charge is -2.06. The zero-order chi connectivity index (χ0) is 15.1. The van der Waals surface area contributed by atoms with E-state index in [0.29, 0.717) is 5.75 Å². The van der Waals surface area contributed by atoms with Gasteiger partial charge in [0.15, 0.2) is 0 Å². The zero-order valence-electron chi connectivity index (χ0n) is 12.6. The van der Waals surface area contributed by atoms with Crippen LogP contribution in [0.3, 0.4) is 0 Å². The first-order valence-electron chi connectivity index (χ1n) is 7.75. The summed E-state index contributed by atoms with van der Waals surface area (Å²) in [6, 6.07) is 7.30. The van der Waals surface area contributed by atoms with Gasteiger partial charge in [-0.05, 0) is 30.5 Å². The highest BCUT2D eigenvalue weighted by atomic mass is 32.2. The summed E-state index contributed by atoms with van der Waals surface area (Å²) in [5.41, 5.74) is 0.443. The minimum Gasteiger partial charge on any atom is -0.381 e. The molecule has 0 bridgehead atoms. The first-order chi connectivity index (χ1) is 10.1. The fourth-order valence-corrected chi connectivity index (χ4v) is 3.11. The maximum Gasteiger partial charge on any atom is 0.339 e. The van der Waals surface area contributed by atoms with Crippen molar-refractivity contribution in [2.45, 2.75) is 57.3 Å². The molecule has 1 saturated heterocycles. The van der Waals surface area contributed by atoms with Crippen LogP contribution in [0.1, 0.15) is 51.0 Å². The summed E-state index contributed by atoms with van der Waals surface area (Å²) in [7, 11) is -3.61. The van der Waals surface area contributed by atoms with E-state index >= 15 is 0 Å². The van der Waals surface area contributed by atoms with Gasteiger partial charge in [0.1, 0.15) is 5.75 Å². The molecule has 1 aliphatic heterocycles. The summed E-state index contributed by atoms with van der Waals surface area (Å²) in [6.45, 7) is 2.46. The van der Waals surface area contributed by atoms with Crippen molar-refractivity contribution in [3.8, 4) is 5.75 Å². The van der Waals surface area contributed by atoms with Crippen molar-refractivity contribution in [3.63, 3.8) is 0 Å². The molecule has 0 aliphatic carbocycles. The lowest BCUT2D eigenvalue weighted by molar-refractivity contribution is 0.415. The number of epoxide rings is 1. The number of hydrogen-bond acceptors (Lipinski definition) is 4. The number of unbranched alkanes of at least 4 members (excludes halogenated alkanes) is 5. The van der Waals surface area contributed by atoms with Gasteiger partial charge in [-0.3, -0.25) is 0 Å². The maximum absolute atomic E-state index is 11.6. The Labute approximate surface area is 127 Å². The van der Waals surface area contributed by atoms with Crippen molar-refractivity contribution in [2.75, 3.05) is 6.61 Å². The van der Waals surface area contributed by atoms with Gasteiger partial charge in [-0.25, -0.2) is 0 Å². The van der Waals surface area contributed by atoms with E-state index in [-0.39, 0.29) is 6.61 Å². The fourth-order valence-electron chi connectivity index (χ4n) is 2.21. The molecular formula is C16H24O4S. The Balaban J connectivity index is 1.71. The van der Waals surface area contributed by atoms with Crippen LogP contribution in [0.5, 0.6) is 5.75 Å². The third-order valence-corrected chi connectivity index (χ3v) is 4.92. The minimum absolute atomic E-state index is 0.235. The molecule has 4 nitrogen and oxygen atoms in total. The molecule has 0 aromatic heterocycles. The summed E-state index contributed by atoms with van der Waals surface area (Å²) in [4.78, 5) is 0. The van der Waals surface area contributed by atoms with Gasteiger partial charge in [0, 0.05) is 0 Å². The van der Waals surface area contributed by atoms with E-state index in [1.165, 1.54) is 44.1 Å². The Morgan fingerprint density at radius 3 is 2.33 bits per heavy atom. The van der Waals surface area contributed by atoms with Crippen LogP contribution >= 0.6 is 0 Å². The Bertz CT molecular complexity index is 518. The summed E-state index contributed by atoms with van der Waals surface area (Å²) in [5, 5.41) is 0. The van der Waals surface area contributed by atoms with Gasteiger partial charge in [-0.15, -0.1) is 0 Å². The highest BCUT2D eigenvalue weighted by Gasteiger charge is 2.39. The molecule has 0 radical (unpaired) electrons. The van der Waals surface area contributed by atoms with Crippen molar-refractivity contribution in [2.24, 2.45) is 0 Å². The lowest BCUT2D eigenvalue weighted by atomic mass is 10.1. The van der Waals surface area contributed by atoms with Crippen molar-refractivity contribution in [3.05, 3.63) is 29.8 Å². The maximum atomic E-state index is 11.6. The molecule has 1 atom stereocenters. The van der Waals surface area contributed by atoms with E-state index in [0.717, 1.165) is 6.42 Å². The van der Waals surface area contributed by atoms with Crippen LogP contribution in [0.15, 0.2) is 24.3 Å². The Morgan fingerprint density at radius 1 is 1.10 bits per heavy atom. The van der Waals surface area contributed by atoms with Crippen LogP contribution < -0.4 is 4.18 Å². The Kier molecular flexibility index (Phi) is 6.06. The van der Waals surface area contributed by atoms with Crippen molar-refractivity contribution in [1.29, 1.82) is 0 Å². The van der Waals surface area contributed by atoms with Gasteiger partial charge in [-0.2, -0.15) is 8.42 Å². The van der Waals surface area contributed by atoms with E-state index in [1.807, 2.05) is 12.1 Å². The van der Waals surface area contributed by atoms with Crippen LogP contribution in [0, 0.1) is 0 Å². The monoisotopic (exact) mass is 312 g/mol. The molecule has 0 amide bonds. The average Bonchev–Trinajstić information content (AvgIpc) is 3.29. The van der Waals surface area contributed by atoms with Gasteiger partial charge in [0.2, 0.25) is 5.44 Å². The van der Waals surface area contributed by atoms with Gasteiger partial charge in [-0.1, -0.05) is 51.2 Å². The molecule has 2 rings (SSSR count). The topological polar surface area (TPSA) is 55.9 Å². The molecule has 1 fully saturated rings. The third-order valence-electron chi connectivity index (χ3n) is 3.58. The normalized spacial score (nSPS) is 17.7. The highest BCUT2D eigenvalue weighted by molar-refractivity contribution is 7.87. The quantitative estimate of drug-likeness (QED) is 0.376. The van der Waals surface area contributed by atoms with Crippen molar-refractivity contribution in [1.82, 2.24) is 0 Å². The van der Waals surface area contributed by atoms with E-state index in [2.05, 4.69) is 6.92 Å². The highest BCUT2D eigenvalue weighted by Crippen LogP contribution is 2.23. The Hall–Kier alpha value is -1.07. The molecule has 1 aromatic rings. The number of rotatable bonds is 10. The molecule has 1 aromatic carbocycles. The largest absolute Gasteiger partial charge is 0.381 e.